The summed E-state index contributed by atoms with van der Waals surface area (Å²) in [6.45, 7) is 2.00. The van der Waals surface area contributed by atoms with Crippen LogP contribution in [0.15, 0.2) is 24.3 Å². The summed E-state index contributed by atoms with van der Waals surface area (Å²) in [6.07, 6.45) is 0.600. The second kappa shape index (κ2) is 4.21. The maximum absolute atomic E-state index is 13.0. The molecule has 0 aliphatic rings. The average molecular weight is 168 g/mol. The molecule has 2 heteroatoms. The smallest absolute Gasteiger partial charge is 0.126 e. The minimum absolute atomic E-state index is 0.105. The zero-order chi connectivity index (χ0) is 8.97. The van der Waals surface area contributed by atoms with Gasteiger partial charge in [-0.05, 0) is 24.0 Å². The van der Waals surface area contributed by atoms with Gasteiger partial charge in [0.2, 0.25) is 0 Å². The second-order valence-electron chi connectivity index (χ2n) is 3.08. The first-order valence-corrected chi connectivity index (χ1v) is 4.08. The van der Waals surface area contributed by atoms with Crippen LogP contribution in [0.4, 0.5) is 4.39 Å². The summed E-state index contributed by atoms with van der Waals surface area (Å²) < 4.78 is 13.0. The SMILES string of the molecule is C[C@H](CO)Cc1ccccc1F. The van der Waals surface area contributed by atoms with Gasteiger partial charge >= 0.3 is 0 Å². The number of aliphatic hydroxyl groups excluding tert-OH is 1. The van der Waals surface area contributed by atoms with Crippen LogP contribution in [-0.2, 0) is 6.42 Å². The quantitative estimate of drug-likeness (QED) is 0.731. The fraction of sp³-hybridized carbons (Fsp3) is 0.400. The van der Waals surface area contributed by atoms with Crippen molar-refractivity contribution in [3.63, 3.8) is 0 Å². The third-order valence-corrected chi connectivity index (χ3v) is 1.84. The molecule has 0 saturated heterocycles. The third kappa shape index (κ3) is 2.31. The number of rotatable bonds is 3. The summed E-state index contributed by atoms with van der Waals surface area (Å²) in [6, 6.07) is 6.67. The van der Waals surface area contributed by atoms with Crippen LogP contribution in [0.1, 0.15) is 12.5 Å². The van der Waals surface area contributed by atoms with Crippen molar-refractivity contribution in [2.45, 2.75) is 13.3 Å². The molecule has 1 N–H and O–H groups in total. The summed E-state index contributed by atoms with van der Waals surface area (Å²) in [5.41, 5.74) is 0.680. The first kappa shape index (κ1) is 9.20. The molecule has 12 heavy (non-hydrogen) atoms. The predicted molar refractivity (Wildman–Crippen MR) is 46.4 cm³/mol. The van der Waals surface area contributed by atoms with E-state index in [0.717, 1.165) is 0 Å². The zero-order valence-electron chi connectivity index (χ0n) is 7.13. The summed E-state index contributed by atoms with van der Waals surface area (Å²) in [5.74, 6) is -0.0558. The van der Waals surface area contributed by atoms with Crippen LogP contribution in [0.3, 0.4) is 0 Å². The van der Waals surface area contributed by atoms with Crippen LogP contribution >= 0.6 is 0 Å². The van der Waals surface area contributed by atoms with E-state index in [1.807, 2.05) is 13.0 Å². The first-order valence-electron chi connectivity index (χ1n) is 4.08. The van der Waals surface area contributed by atoms with Crippen molar-refractivity contribution in [3.8, 4) is 0 Å². The molecule has 0 aliphatic carbocycles. The Morgan fingerprint density at radius 1 is 1.42 bits per heavy atom. The molecule has 0 spiro atoms. The monoisotopic (exact) mass is 168 g/mol. The highest BCUT2D eigenvalue weighted by Crippen LogP contribution is 2.11. The van der Waals surface area contributed by atoms with Crippen molar-refractivity contribution >= 4 is 0 Å². The van der Waals surface area contributed by atoms with Gasteiger partial charge in [0.15, 0.2) is 0 Å². The van der Waals surface area contributed by atoms with Crippen LogP contribution in [0, 0.1) is 11.7 Å². The van der Waals surface area contributed by atoms with Gasteiger partial charge in [0.1, 0.15) is 5.82 Å². The van der Waals surface area contributed by atoms with Gasteiger partial charge in [0.05, 0.1) is 0 Å². The first-order chi connectivity index (χ1) is 5.74. The fourth-order valence-corrected chi connectivity index (χ4v) is 1.10. The van der Waals surface area contributed by atoms with Gasteiger partial charge in [-0.15, -0.1) is 0 Å². The van der Waals surface area contributed by atoms with E-state index in [1.165, 1.54) is 6.07 Å². The predicted octanol–water partition coefficient (Wildman–Crippen LogP) is 2.00. The van der Waals surface area contributed by atoms with E-state index in [9.17, 15) is 4.39 Å². The van der Waals surface area contributed by atoms with Crippen molar-refractivity contribution in [1.82, 2.24) is 0 Å². The lowest BCUT2D eigenvalue weighted by molar-refractivity contribution is 0.236. The molecule has 0 amide bonds. The van der Waals surface area contributed by atoms with Crippen LogP contribution in [0.25, 0.3) is 0 Å². The fourth-order valence-electron chi connectivity index (χ4n) is 1.10. The summed E-state index contributed by atoms with van der Waals surface area (Å²) >= 11 is 0. The van der Waals surface area contributed by atoms with E-state index in [4.69, 9.17) is 5.11 Å². The van der Waals surface area contributed by atoms with Crippen LogP contribution in [0.2, 0.25) is 0 Å². The molecule has 0 aromatic heterocycles. The highest BCUT2D eigenvalue weighted by Gasteiger charge is 2.05. The summed E-state index contributed by atoms with van der Waals surface area (Å²) in [4.78, 5) is 0. The molecule has 1 aromatic rings. The van der Waals surface area contributed by atoms with Gasteiger partial charge in [-0.3, -0.25) is 0 Å². The molecule has 1 nitrogen and oxygen atoms in total. The number of hydrogen-bond donors (Lipinski definition) is 1. The van der Waals surface area contributed by atoms with Gasteiger partial charge < -0.3 is 5.11 Å². The molecule has 0 unspecified atom stereocenters. The molecule has 0 fully saturated rings. The Kier molecular flexibility index (Phi) is 3.23. The zero-order valence-corrected chi connectivity index (χ0v) is 7.13. The van der Waals surface area contributed by atoms with E-state index in [2.05, 4.69) is 0 Å². The number of hydrogen-bond acceptors (Lipinski definition) is 1. The molecule has 1 atom stereocenters. The second-order valence-corrected chi connectivity index (χ2v) is 3.08. The van der Waals surface area contributed by atoms with Crippen molar-refractivity contribution in [3.05, 3.63) is 35.6 Å². The third-order valence-electron chi connectivity index (χ3n) is 1.84. The van der Waals surface area contributed by atoms with Crippen LogP contribution in [0.5, 0.6) is 0 Å². The highest BCUT2D eigenvalue weighted by molar-refractivity contribution is 5.17. The van der Waals surface area contributed by atoms with Crippen molar-refractivity contribution in [2.75, 3.05) is 6.61 Å². The minimum Gasteiger partial charge on any atom is -0.396 e. The lowest BCUT2D eigenvalue weighted by Gasteiger charge is -2.07. The van der Waals surface area contributed by atoms with E-state index >= 15 is 0 Å². The van der Waals surface area contributed by atoms with Crippen LogP contribution < -0.4 is 0 Å². The summed E-state index contributed by atoms with van der Waals surface area (Å²) in [5, 5.41) is 8.76. The highest BCUT2D eigenvalue weighted by atomic mass is 19.1. The van der Waals surface area contributed by atoms with Gasteiger partial charge in [0.25, 0.3) is 0 Å². The van der Waals surface area contributed by atoms with E-state index in [1.54, 1.807) is 12.1 Å². The largest absolute Gasteiger partial charge is 0.396 e. The lowest BCUT2D eigenvalue weighted by Crippen LogP contribution is -2.05. The van der Waals surface area contributed by atoms with E-state index < -0.39 is 0 Å². The standard InChI is InChI=1S/C10H13FO/c1-8(7-12)6-9-4-2-3-5-10(9)11/h2-5,8,12H,6-7H2,1H3/t8-/m0/s1. The van der Waals surface area contributed by atoms with Gasteiger partial charge in [0, 0.05) is 6.61 Å². The molecule has 66 valence electrons. The molecule has 0 aliphatic heterocycles. The normalized spacial score (nSPS) is 12.9. The maximum atomic E-state index is 13.0. The molecule has 0 radical (unpaired) electrons. The summed E-state index contributed by atoms with van der Waals surface area (Å²) in [7, 11) is 0. The average Bonchev–Trinajstić information content (AvgIpc) is 2.09. The molecule has 0 saturated carbocycles. The Morgan fingerprint density at radius 3 is 2.67 bits per heavy atom. The number of halogens is 1. The molecule has 0 bridgehead atoms. The Morgan fingerprint density at radius 2 is 2.08 bits per heavy atom. The maximum Gasteiger partial charge on any atom is 0.126 e. The van der Waals surface area contributed by atoms with Crippen molar-refractivity contribution in [2.24, 2.45) is 5.92 Å². The Balaban J connectivity index is 2.69. The minimum atomic E-state index is -0.183. The van der Waals surface area contributed by atoms with Gasteiger partial charge in [-0.2, -0.15) is 0 Å². The van der Waals surface area contributed by atoms with E-state index in [0.29, 0.717) is 12.0 Å². The van der Waals surface area contributed by atoms with Gasteiger partial charge in [-0.25, -0.2) is 4.39 Å². The van der Waals surface area contributed by atoms with Crippen LogP contribution in [-0.4, -0.2) is 11.7 Å². The van der Waals surface area contributed by atoms with Crippen molar-refractivity contribution < 1.29 is 9.50 Å². The lowest BCUT2D eigenvalue weighted by atomic mass is 10.0. The number of benzene rings is 1. The molecular weight excluding hydrogens is 155 g/mol. The molecule has 0 heterocycles. The number of aliphatic hydroxyl groups is 1. The molecular formula is C10H13FO. The topological polar surface area (TPSA) is 20.2 Å². The molecule has 1 aromatic carbocycles. The van der Waals surface area contributed by atoms with Crippen molar-refractivity contribution in [1.29, 1.82) is 0 Å². The Labute approximate surface area is 71.9 Å². The molecule has 1 rings (SSSR count). The Hall–Kier alpha value is -0.890. The van der Waals surface area contributed by atoms with E-state index in [-0.39, 0.29) is 18.3 Å². The Bertz CT molecular complexity index is 247. The van der Waals surface area contributed by atoms with Gasteiger partial charge in [-0.1, -0.05) is 25.1 Å².